The highest BCUT2D eigenvalue weighted by molar-refractivity contribution is 7.86. The van der Waals surface area contributed by atoms with Gasteiger partial charge >= 0.3 is 6.03 Å². The highest BCUT2D eigenvalue weighted by atomic mass is 32.2. The maximum absolute atomic E-state index is 12.8. The molecule has 4 rings (SSSR count). The van der Waals surface area contributed by atoms with Gasteiger partial charge in [-0.2, -0.15) is 9.57 Å². The largest absolute Gasteiger partial charge is 0.588 e. The Kier molecular flexibility index (Phi) is 5.08. The number of imide groups is 1. The molecule has 3 heterocycles. The number of urea groups is 1. The predicted molar refractivity (Wildman–Crippen MR) is 113 cm³/mol. The lowest BCUT2D eigenvalue weighted by Gasteiger charge is -2.33. The van der Waals surface area contributed by atoms with E-state index in [4.69, 9.17) is 0 Å². The van der Waals surface area contributed by atoms with Gasteiger partial charge < -0.3 is 9.76 Å². The van der Waals surface area contributed by atoms with Crippen LogP contribution in [0.15, 0.2) is 18.2 Å². The quantitative estimate of drug-likeness (QED) is 0.437. The van der Waals surface area contributed by atoms with Crippen molar-refractivity contribution in [2.45, 2.75) is 57.2 Å². The van der Waals surface area contributed by atoms with Crippen LogP contribution in [-0.4, -0.2) is 49.3 Å². The van der Waals surface area contributed by atoms with E-state index in [0.717, 1.165) is 28.8 Å². The lowest BCUT2D eigenvalue weighted by Crippen LogP contribution is -3.11. The number of likely N-dealkylation sites (N-methyl/N-ethyl adjacent to an activating group) is 1. The van der Waals surface area contributed by atoms with E-state index in [1.54, 1.807) is 32.2 Å². The molecule has 2 aliphatic rings. The van der Waals surface area contributed by atoms with Crippen LogP contribution in [0, 0.1) is 5.21 Å². The lowest BCUT2D eigenvalue weighted by atomic mass is 10.1. The van der Waals surface area contributed by atoms with E-state index in [1.165, 1.54) is 11.9 Å². The van der Waals surface area contributed by atoms with Gasteiger partial charge in [-0.15, -0.1) is 0 Å². The normalized spacial score (nSPS) is 20.9. The molecule has 9 nitrogen and oxygen atoms in total. The summed E-state index contributed by atoms with van der Waals surface area (Å²) in [5.41, 5.74) is 2.34. The standard InChI is InChI=1S/C20H27N5O4S/c1-12(25(28)30(29)20(2,3)4)16-10-15-8-14(13-6-7-13)9-17(24(15)21-16)23-11-18(26)22(5)19(23)27/h8-10,12-13,25H,6-7,11H2,1-5H3/t12-,30-/m1/s1. The van der Waals surface area contributed by atoms with Crippen molar-refractivity contribution in [1.82, 2.24) is 14.5 Å². The van der Waals surface area contributed by atoms with Gasteiger partial charge in [0.2, 0.25) is 0 Å². The molecule has 3 atom stereocenters. The summed E-state index contributed by atoms with van der Waals surface area (Å²) in [6.07, 6.45) is 2.17. The maximum atomic E-state index is 12.8. The molecule has 2 fully saturated rings. The third-order valence-corrected chi connectivity index (χ3v) is 7.46. The molecule has 1 saturated heterocycles. The first-order valence-corrected chi connectivity index (χ1v) is 11.2. The zero-order chi connectivity index (χ0) is 22.0. The lowest BCUT2D eigenvalue weighted by molar-refractivity contribution is -0.746. The van der Waals surface area contributed by atoms with Crippen molar-refractivity contribution in [3.8, 4) is 0 Å². The van der Waals surface area contributed by atoms with Gasteiger partial charge in [-0.05, 0) is 70.2 Å². The summed E-state index contributed by atoms with van der Waals surface area (Å²) in [6, 6.07) is 4.68. The van der Waals surface area contributed by atoms with Gasteiger partial charge in [-0.3, -0.25) is 14.6 Å². The highest BCUT2D eigenvalue weighted by Crippen LogP contribution is 2.42. The number of amides is 3. The summed E-state index contributed by atoms with van der Waals surface area (Å²) >= 11 is -1.66. The Labute approximate surface area is 178 Å². The summed E-state index contributed by atoms with van der Waals surface area (Å²) in [7, 11) is 1.46. The molecule has 3 amide bonds. The van der Waals surface area contributed by atoms with Crippen LogP contribution in [0.4, 0.5) is 10.6 Å². The number of hydrogen-bond donors (Lipinski definition) is 1. The minimum atomic E-state index is -1.66. The van der Waals surface area contributed by atoms with Crippen LogP contribution in [0.1, 0.15) is 63.8 Å². The number of rotatable bonds is 5. The molecule has 2 aromatic rings. The zero-order valence-electron chi connectivity index (χ0n) is 17.8. The number of nitrogens with zero attached hydrogens (tertiary/aromatic N) is 4. The van der Waals surface area contributed by atoms with Crippen molar-refractivity contribution in [2.75, 3.05) is 18.5 Å². The van der Waals surface area contributed by atoms with Gasteiger partial charge in [0.25, 0.3) is 5.91 Å². The second-order valence-corrected chi connectivity index (χ2v) is 11.2. The number of nitrogens with one attached hydrogen (secondary N) is 1. The van der Waals surface area contributed by atoms with Crippen LogP contribution in [0.5, 0.6) is 0 Å². The number of anilines is 1. The van der Waals surface area contributed by atoms with E-state index in [9.17, 15) is 19.3 Å². The second kappa shape index (κ2) is 7.23. The smallest absolute Gasteiger partial charge is 0.332 e. The van der Waals surface area contributed by atoms with Gasteiger partial charge in [0, 0.05) is 7.05 Å². The number of hydrogen-bond acceptors (Lipinski definition) is 5. The van der Waals surface area contributed by atoms with Crippen molar-refractivity contribution in [3.05, 3.63) is 34.7 Å². The molecule has 30 heavy (non-hydrogen) atoms. The molecule has 0 aromatic carbocycles. The molecule has 0 bridgehead atoms. The zero-order valence-corrected chi connectivity index (χ0v) is 18.7. The highest BCUT2D eigenvalue weighted by Gasteiger charge is 2.39. The van der Waals surface area contributed by atoms with E-state index >= 15 is 0 Å². The van der Waals surface area contributed by atoms with E-state index in [2.05, 4.69) is 5.10 Å². The third kappa shape index (κ3) is 3.58. The van der Waals surface area contributed by atoms with Crippen molar-refractivity contribution in [3.63, 3.8) is 0 Å². The number of fused-ring (bicyclic) bond motifs is 1. The SMILES string of the molecule is C[C@H](c1cc2cc(C3CC3)cc(N3CC(=O)N(C)C3=O)n2n1)[NH+]([O-])[S@+]([O-])C(C)(C)C. The Morgan fingerprint density at radius 2 is 1.90 bits per heavy atom. The van der Waals surface area contributed by atoms with Crippen LogP contribution in [-0.2, 0) is 16.2 Å². The minimum absolute atomic E-state index is 0.0454. The number of pyridine rings is 1. The molecule has 2 aromatic heterocycles. The van der Waals surface area contributed by atoms with E-state index < -0.39 is 28.2 Å². The number of hydroxylamine groups is 1. The molecule has 1 N–H and O–H groups in total. The second-order valence-electron chi connectivity index (χ2n) is 9.07. The van der Waals surface area contributed by atoms with Gasteiger partial charge in [0.15, 0.2) is 22.2 Å². The Hall–Kier alpha value is -2.14. The molecule has 1 saturated carbocycles. The summed E-state index contributed by atoms with van der Waals surface area (Å²) < 4.78 is 13.2. The van der Waals surface area contributed by atoms with Crippen LogP contribution >= 0.6 is 0 Å². The number of carbonyl (C=O) groups excluding carboxylic acids is 2. The fourth-order valence-corrected chi connectivity index (χ4v) is 4.58. The van der Waals surface area contributed by atoms with E-state index in [-0.39, 0.29) is 16.9 Å². The molecule has 1 aliphatic carbocycles. The summed E-state index contributed by atoms with van der Waals surface area (Å²) in [6.45, 7) is 6.96. The van der Waals surface area contributed by atoms with Crippen molar-refractivity contribution < 1.29 is 18.6 Å². The molecule has 162 valence electrons. The van der Waals surface area contributed by atoms with E-state index in [1.807, 2.05) is 18.2 Å². The monoisotopic (exact) mass is 433 g/mol. The molecule has 0 spiro atoms. The summed E-state index contributed by atoms with van der Waals surface area (Å²) in [5.74, 6) is 0.673. The van der Waals surface area contributed by atoms with Crippen LogP contribution in [0.2, 0.25) is 0 Å². The van der Waals surface area contributed by atoms with Gasteiger partial charge in [0.05, 0.1) is 5.52 Å². The van der Waals surface area contributed by atoms with Gasteiger partial charge in [-0.25, -0.2) is 9.31 Å². The Morgan fingerprint density at radius 3 is 2.43 bits per heavy atom. The first-order valence-electron chi connectivity index (χ1n) is 10.1. The average Bonchev–Trinajstić information content (AvgIpc) is 3.40. The minimum Gasteiger partial charge on any atom is -0.588 e. The van der Waals surface area contributed by atoms with Crippen molar-refractivity contribution in [2.24, 2.45) is 0 Å². The number of aromatic nitrogens is 2. The third-order valence-electron chi connectivity index (χ3n) is 5.63. The number of quaternary nitrogens is 1. The van der Waals surface area contributed by atoms with Crippen molar-refractivity contribution >= 4 is 34.6 Å². The number of carbonyl (C=O) groups is 2. The molecule has 0 radical (unpaired) electrons. The Morgan fingerprint density at radius 1 is 1.23 bits per heavy atom. The molecular weight excluding hydrogens is 406 g/mol. The Balaban J connectivity index is 1.76. The Bertz CT molecular complexity index is 1010. The topological polar surface area (TPSA) is 108 Å². The maximum Gasteiger partial charge on any atom is 0.332 e. The first-order chi connectivity index (χ1) is 14.0. The first kappa shape index (κ1) is 21.1. The predicted octanol–water partition coefficient (Wildman–Crippen LogP) is 1.52. The van der Waals surface area contributed by atoms with Gasteiger partial charge in [0.1, 0.15) is 18.1 Å². The van der Waals surface area contributed by atoms with Gasteiger partial charge in [-0.1, -0.05) is 0 Å². The fourth-order valence-electron chi connectivity index (χ4n) is 3.54. The molecule has 10 heteroatoms. The van der Waals surface area contributed by atoms with E-state index in [0.29, 0.717) is 17.4 Å². The molecular formula is C20H27N5O4S. The van der Waals surface area contributed by atoms with Crippen LogP contribution in [0.3, 0.4) is 0 Å². The molecule has 1 aliphatic heterocycles. The fraction of sp³-hybridized carbons (Fsp3) is 0.550. The summed E-state index contributed by atoms with van der Waals surface area (Å²) in [5, 5.41) is 17.4. The summed E-state index contributed by atoms with van der Waals surface area (Å²) in [4.78, 5) is 27.2. The molecule has 1 unspecified atom stereocenters. The van der Waals surface area contributed by atoms with Crippen LogP contribution in [0.25, 0.3) is 5.52 Å². The average molecular weight is 434 g/mol. The van der Waals surface area contributed by atoms with Crippen LogP contribution < -0.4 is 9.37 Å². The van der Waals surface area contributed by atoms with Crippen molar-refractivity contribution in [1.29, 1.82) is 0 Å².